The molecule has 0 fully saturated rings. The number of ether oxygens (including phenoxy) is 1. The smallest absolute Gasteiger partial charge is 0.168 e. The number of benzene rings is 1. The molecule has 114 valence electrons. The van der Waals surface area contributed by atoms with E-state index in [-0.39, 0.29) is 11.1 Å². The summed E-state index contributed by atoms with van der Waals surface area (Å²) in [6, 6.07) is 4.55. The molecule has 2 rings (SSSR count). The highest BCUT2D eigenvalue weighted by Crippen LogP contribution is 2.17. The predicted octanol–water partition coefficient (Wildman–Crippen LogP) is 1.81. The zero-order chi connectivity index (χ0) is 15.2. The largest absolute Gasteiger partial charge is 0.383 e. The van der Waals surface area contributed by atoms with Crippen molar-refractivity contribution in [3.8, 4) is 0 Å². The van der Waals surface area contributed by atoms with Crippen LogP contribution in [0.5, 0.6) is 0 Å². The lowest BCUT2D eigenvalue weighted by Gasteiger charge is -2.13. The second-order valence-electron chi connectivity index (χ2n) is 4.61. The standard InChI is InChI=1S/C13H17ClFN5O/c1-9(16-5-6-21-2)13-17-18-19-20(13)8-10-3-4-12(15)11(14)7-10/h3-4,7,9,16H,5-6,8H2,1-2H3. The first-order valence-electron chi connectivity index (χ1n) is 6.54. The third-order valence-corrected chi connectivity index (χ3v) is 3.31. The van der Waals surface area contributed by atoms with Gasteiger partial charge in [0.15, 0.2) is 5.82 Å². The van der Waals surface area contributed by atoms with E-state index in [1.54, 1.807) is 23.9 Å². The lowest BCUT2D eigenvalue weighted by atomic mass is 10.2. The lowest BCUT2D eigenvalue weighted by Crippen LogP contribution is -2.26. The fourth-order valence-corrected chi connectivity index (χ4v) is 2.12. The summed E-state index contributed by atoms with van der Waals surface area (Å²) in [4.78, 5) is 0. The van der Waals surface area contributed by atoms with Gasteiger partial charge in [-0.3, -0.25) is 0 Å². The Kier molecular flexibility index (Phi) is 5.60. The van der Waals surface area contributed by atoms with Crippen molar-refractivity contribution in [2.45, 2.75) is 19.5 Å². The summed E-state index contributed by atoms with van der Waals surface area (Å²) in [6.45, 7) is 3.71. The maximum absolute atomic E-state index is 13.2. The molecule has 1 N–H and O–H groups in total. The van der Waals surface area contributed by atoms with Gasteiger partial charge in [-0.25, -0.2) is 9.07 Å². The fourth-order valence-electron chi connectivity index (χ4n) is 1.91. The van der Waals surface area contributed by atoms with Gasteiger partial charge >= 0.3 is 0 Å². The van der Waals surface area contributed by atoms with Gasteiger partial charge in [0, 0.05) is 13.7 Å². The number of aromatic nitrogens is 4. The van der Waals surface area contributed by atoms with Crippen LogP contribution in [0.1, 0.15) is 24.4 Å². The van der Waals surface area contributed by atoms with Gasteiger partial charge in [0.2, 0.25) is 0 Å². The van der Waals surface area contributed by atoms with Gasteiger partial charge < -0.3 is 10.1 Å². The van der Waals surface area contributed by atoms with Gasteiger partial charge in [-0.1, -0.05) is 17.7 Å². The fraction of sp³-hybridized carbons (Fsp3) is 0.462. The van der Waals surface area contributed by atoms with Crippen LogP contribution in [0.25, 0.3) is 0 Å². The number of halogens is 2. The molecule has 0 radical (unpaired) electrons. The van der Waals surface area contributed by atoms with E-state index in [9.17, 15) is 4.39 Å². The van der Waals surface area contributed by atoms with Crippen molar-refractivity contribution in [2.24, 2.45) is 0 Å². The van der Waals surface area contributed by atoms with Crippen LogP contribution in [0.2, 0.25) is 5.02 Å². The van der Waals surface area contributed by atoms with Crippen LogP contribution in [-0.2, 0) is 11.3 Å². The van der Waals surface area contributed by atoms with Crippen LogP contribution in [0.15, 0.2) is 18.2 Å². The quantitative estimate of drug-likeness (QED) is 0.790. The van der Waals surface area contributed by atoms with E-state index in [1.165, 1.54) is 6.07 Å². The first-order valence-corrected chi connectivity index (χ1v) is 6.92. The van der Waals surface area contributed by atoms with Crippen molar-refractivity contribution in [3.63, 3.8) is 0 Å². The summed E-state index contributed by atoms with van der Waals surface area (Å²) < 4.78 is 19.8. The van der Waals surface area contributed by atoms with E-state index in [2.05, 4.69) is 20.8 Å². The molecule has 21 heavy (non-hydrogen) atoms. The summed E-state index contributed by atoms with van der Waals surface area (Å²) in [5, 5.41) is 15.0. The van der Waals surface area contributed by atoms with Crippen molar-refractivity contribution in [3.05, 3.63) is 40.4 Å². The molecule has 0 aliphatic carbocycles. The zero-order valence-corrected chi connectivity index (χ0v) is 12.6. The number of nitrogens with zero attached hydrogens (tertiary/aromatic N) is 4. The molecule has 0 amide bonds. The highest BCUT2D eigenvalue weighted by Gasteiger charge is 2.14. The summed E-state index contributed by atoms with van der Waals surface area (Å²) >= 11 is 5.78. The first-order chi connectivity index (χ1) is 10.1. The third kappa shape index (κ3) is 4.20. The number of tetrazole rings is 1. The Morgan fingerprint density at radius 3 is 3.00 bits per heavy atom. The van der Waals surface area contributed by atoms with Gasteiger partial charge in [-0.2, -0.15) is 0 Å². The van der Waals surface area contributed by atoms with E-state index in [0.717, 1.165) is 5.56 Å². The van der Waals surface area contributed by atoms with Crippen molar-refractivity contribution in [1.82, 2.24) is 25.5 Å². The molecular weight excluding hydrogens is 297 g/mol. The van der Waals surface area contributed by atoms with Crippen LogP contribution in [-0.4, -0.2) is 40.5 Å². The Hall–Kier alpha value is -1.57. The molecule has 8 heteroatoms. The molecular formula is C13H17ClFN5O. The van der Waals surface area contributed by atoms with Gasteiger partial charge in [0.25, 0.3) is 0 Å². The minimum absolute atomic E-state index is 0.0222. The normalized spacial score (nSPS) is 12.6. The van der Waals surface area contributed by atoms with Crippen LogP contribution in [0.3, 0.4) is 0 Å². The summed E-state index contributed by atoms with van der Waals surface area (Å²) in [5.74, 6) is 0.263. The Labute approximate surface area is 127 Å². The monoisotopic (exact) mass is 313 g/mol. The van der Waals surface area contributed by atoms with Crippen molar-refractivity contribution in [2.75, 3.05) is 20.3 Å². The average molecular weight is 314 g/mol. The number of rotatable bonds is 7. The first kappa shape index (κ1) is 15.8. The Morgan fingerprint density at radius 2 is 2.29 bits per heavy atom. The second kappa shape index (κ2) is 7.44. The molecule has 0 saturated carbocycles. The Morgan fingerprint density at radius 1 is 1.48 bits per heavy atom. The van der Waals surface area contributed by atoms with Crippen LogP contribution >= 0.6 is 11.6 Å². The molecule has 0 aliphatic heterocycles. The predicted molar refractivity (Wildman–Crippen MR) is 76.6 cm³/mol. The maximum atomic E-state index is 13.2. The summed E-state index contributed by atoms with van der Waals surface area (Å²) in [5.41, 5.74) is 0.832. The molecule has 1 aromatic heterocycles. The van der Waals surface area contributed by atoms with Crippen LogP contribution < -0.4 is 5.32 Å². The van der Waals surface area contributed by atoms with Gasteiger partial charge in [-0.15, -0.1) is 5.10 Å². The van der Waals surface area contributed by atoms with Gasteiger partial charge in [0.05, 0.1) is 24.2 Å². The average Bonchev–Trinajstić information content (AvgIpc) is 2.91. The minimum Gasteiger partial charge on any atom is -0.383 e. The molecule has 6 nitrogen and oxygen atoms in total. The summed E-state index contributed by atoms with van der Waals surface area (Å²) in [7, 11) is 1.65. The summed E-state index contributed by atoms with van der Waals surface area (Å²) in [6.07, 6.45) is 0. The van der Waals surface area contributed by atoms with E-state index in [4.69, 9.17) is 16.3 Å². The highest BCUT2D eigenvalue weighted by molar-refractivity contribution is 6.30. The SMILES string of the molecule is COCCNC(C)c1nnnn1Cc1ccc(F)c(Cl)c1. The molecule has 0 bridgehead atoms. The number of methoxy groups -OCH3 is 1. The maximum Gasteiger partial charge on any atom is 0.168 e. The Bertz CT molecular complexity index is 592. The number of hydrogen-bond acceptors (Lipinski definition) is 5. The Balaban J connectivity index is 2.07. The molecule has 0 saturated heterocycles. The zero-order valence-electron chi connectivity index (χ0n) is 11.9. The van der Waals surface area contributed by atoms with E-state index < -0.39 is 5.82 Å². The molecule has 1 aromatic carbocycles. The van der Waals surface area contributed by atoms with E-state index in [0.29, 0.717) is 25.5 Å². The number of hydrogen-bond donors (Lipinski definition) is 1. The molecule has 1 heterocycles. The molecule has 0 spiro atoms. The van der Waals surface area contributed by atoms with E-state index >= 15 is 0 Å². The topological polar surface area (TPSA) is 64.9 Å². The molecule has 1 atom stereocenters. The van der Waals surface area contributed by atoms with Crippen molar-refractivity contribution in [1.29, 1.82) is 0 Å². The molecule has 0 aliphatic rings. The van der Waals surface area contributed by atoms with Gasteiger partial charge in [0.1, 0.15) is 5.82 Å². The third-order valence-electron chi connectivity index (χ3n) is 3.02. The second-order valence-corrected chi connectivity index (χ2v) is 5.02. The van der Waals surface area contributed by atoms with Crippen LogP contribution in [0.4, 0.5) is 4.39 Å². The van der Waals surface area contributed by atoms with Crippen molar-refractivity contribution < 1.29 is 9.13 Å². The van der Waals surface area contributed by atoms with Crippen LogP contribution in [0, 0.1) is 5.82 Å². The van der Waals surface area contributed by atoms with Crippen molar-refractivity contribution >= 4 is 11.6 Å². The highest BCUT2D eigenvalue weighted by atomic mass is 35.5. The molecule has 1 unspecified atom stereocenters. The van der Waals surface area contributed by atoms with E-state index in [1.807, 2.05) is 6.92 Å². The molecule has 2 aromatic rings. The lowest BCUT2D eigenvalue weighted by molar-refractivity contribution is 0.196. The minimum atomic E-state index is -0.438. The van der Waals surface area contributed by atoms with Gasteiger partial charge in [-0.05, 0) is 35.0 Å². The number of nitrogens with one attached hydrogen (secondary N) is 1.